The number of methoxy groups -OCH3 is 1. The van der Waals surface area contributed by atoms with Crippen LogP contribution in [0.1, 0.15) is 6.42 Å². The van der Waals surface area contributed by atoms with E-state index >= 15 is 0 Å². The molecule has 0 unspecified atom stereocenters. The zero-order valence-electron chi connectivity index (χ0n) is 6.79. The molecule has 6 heteroatoms. The van der Waals surface area contributed by atoms with Crippen LogP contribution in [0.15, 0.2) is 22.0 Å². The summed E-state index contributed by atoms with van der Waals surface area (Å²) in [5.41, 5.74) is -0.437. The Labute approximate surface area is 82.3 Å². The van der Waals surface area contributed by atoms with Gasteiger partial charge in [-0.15, -0.1) is 0 Å². The van der Waals surface area contributed by atoms with Gasteiger partial charge < -0.3 is 4.74 Å². The highest BCUT2D eigenvalue weighted by Gasteiger charge is 2.31. The average molecular weight is 252 g/mol. The van der Waals surface area contributed by atoms with E-state index in [9.17, 15) is 14.5 Å². The molecule has 13 heavy (non-hydrogen) atoms. The maximum absolute atomic E-state index is 13.1. The van der Waals surface area contributed by atoms with E-state index < -0.39 is 16.8 Å². The number of rotatable bonds is 2. The van der Waals surface area contributed by atoms with Crippen LogP contribution in [0.4, 0.5) is 4.39 Å². The van der Waals surface area contributed by atoms with Crippen LogP contribution >= 0.6 is 15.9 Å². The van der Waals surface area contributed by atoms with Crippen LogP contribution in [0.5, 0.6) is 0 Å². The third-order valence-corrected chi connectivity index (χ3v) is 2.35. The van der Waals surface area contributed by atoms with Crippen LogP contribution in [0.3, 0.4) is 0 Å². The fourth-order valence-corrected chi connectivity index (χ4v) is 1.57. The lowest BCUT2D eigenvalue weighted by molar-refractivity contribution is -0.433. The molecule has 1 aliphatic rings. The lowest BCUT2D eigenvalue weighted by Crippen LogP contribution is -2.17. The van der Waals surface area contributed by atoms with Crippen LogP contribution in [0.2, 0.25) is 0 Å². The Hall–Kier alpha value is -0.910. The van der Waals surface area contributed by atoms with Crippen molar-refractivity contribution in [3.05, 3.63) is 32.1 Å². The van der Waals surface area contributed by atoms with Crippen LogP contribution < -0.4 is 0 Å². The summed E-state index contributed by atoms with van der Waals surface area (Å²) in [4.78, 5) is 9.59. The quantitative estimate of drug-likeness (QED) is 0.558. The van der Waals surface area contributed by atoms with E-state index in [0.717, 1.165) is 6.08 Å². The van der Waals surface area contributed by atoms with Crippen molar-refractivity contribution in [3.63, 3.8) is 0 Å². The first kappa shape index (κ1) is 10.2. The topological polar surface area (TPSA) is 52.4 Å². The van der Waals surface area contributed by atoms with Crippen LogP contribution in [-0.2, 0) is 4.74 Å². The van der Waals surface area contributed by atoms with Gasteiger partial charge in [-0.05, 0) is 15.9 Å². The molecule has 0 bridgehead atoms. The summed E-state index contributed by atoms with van der Waals surface area (Å²) in [5, 5.41) is 10.3. The first-order valence-electron chi connectivity index (χ1n) is 3.49. The molecule has 0 aromatic rings. The first-order chi connectivity index (χ1) is 6.06. The molecule has 4 nitrogen and oxygen atoms in total. The fraction of sp³-hybridized carbons (Fsp3) is 0.429. The molecular weight excluding hydrogens is 245 g/mol. The number of halogens is 2. The van der Waals surface area contributed by atoms with Crippen molar-refractivity contribution in [1.82, 2.24) is 0 Å². The van der Waals surface area contributed by atoms with Gasteiger partial charge in [0.15, 0.2) is 6.17 Å². The molecule has 1 aliphatic carbocycles. The average Bonchev–Trinajstić information content (AvgIpc) is 2.07. The number of ether oxygens (including phenoxy) is 1. The maximum Gasteiger partial charge on any atom is 0.281 e. The number of hydrogen-bond acceptors (Lipinski definition) is 3. The highest BCUT2D eigenvalue weighted by atomic mass is 79.9. The van der Waals surface area contributed by atoms with Gasteiger partial charge in [-0.2, -0.15) is 0 Å². The van der Waals surface area contributed by atoms with Crippen molar-refractivity contribution in [1.29, 1.82) is 0 Å². The number of allylic oxidation sites excluding steroid dienone is 4. The Bertz CT molecular complexity index is 300. The fourth-order valence-electron chi connectivity index (χ4n) is 1.01. The Kier molecular flexibility index (Phi) is 3.02. The normalized spacial score (nSPS) is 22.7. The van der Waals surface area contributed by atoms with Gasteiger partial charge in [0.2, 0.25) is 0 Å². The smallest absolute Gasteiger partial charge is 0.281 e. The predicted molar refractivity (Wildman–Crippen MR) is 47.6 cm³/mol. The summed E-state index contributed by atoms with van der Waals surface area (Å²) in [6, 6.07) is 0. The minimum atomic E-state index is -1.59. The summed E-state index contributed by atoms with van der Waals surface area (Å²) < 4.78 is 18.3. The minimum Gasteiger partial charge on any atom is -0.500 e. The highest BCUT2D eigenvalue weighted by molar-refractivity contribution is 9.11. The molecule has 72 valence electrons. The number of nitrogens with zero attached hydrogens (tertiary/aromatic N) is 1. The Morgan fingerprint density at radius 1 is 1.85 bits per heavy atom. The van der Waals surface area contributed by atoms with Gasteiger partial charge >= 0.3 is 0 Å². The molecule has 0 amide bonds. The van der Waals surface area contributed by atoms with Crippen LogP contribution in [0.25, 0.3) is 0 Å². The second-order valence-electron chi connectivity index (χ2n) is 2.47. The summed E-state index contributed by atoms with van der Waals surface area (Å²) in [6.45, 7) is 0. The van der Waals surface area contributed by atoms with Gasteiger partial charge in [0.05, 0.1) is 16.5 Å². The molecule has 0 heterocycles. The third-order valence-electron chi connectivity index (χ3n) is 1.68. The largest absolute Gasteiger partial charge is 0.500 e. The summed E-state index contributed by atoms with van der Waals surface area (Å²) >= 11 is 3.06. The van der Waals surface area contributed by atoms with E-state index in [-0.39, 0.29) is 6.42 Å². The standard InChI is InChI=1S/C7H7BrFNO3/c1-13-7-3-5(9)6(10(11)12)2-4(7)8/h2,5H,3H2,1H3/t5-/m1/s1. The van der Waals surface area contributed by atoms with E-state index in [2.05, 4.69) is 15.9 Å². The maximum atomic E-state index is 13.1. The van der Waals surface area contributed by atoms with E-state index in [1.807, 2.05) is 0 Å². The molecule has 1 rings (SSSR count). The van der Waals surface area contributed by atoms with E-state index in [4.69, 9.17) is 4.74 Å². The molecular formula is C7H7BrFNO3. The monoisotopic (exact) mass is 251 g/mol. The van der Waals surface area contributed by atoms with Gasteiger partial charge in [0.25, 0.3) is 5.70 Å². The van der Waals surface area contributed by atoms with Crippen molar-refractivity contribution in [2.75, 3.05) is 7.11 Å². The van der Waals surface area contributed by atoms with Crippen molar-refractivity contribution in [3.8, 4) is 0 Å². The molecule has 0 saturated heterocycles. The lowest BCUT2D eigenvalue weighted by Gasteiger charge is -2.14. The highest BCUT2D eigenvalue weighted by Crippen LogP contribution is 2.30. The van der Waals surface area contributed by atoms with Crippen molar-refractivity contribution >= 4 is 15.9 Å². The molecule has 0 saturated carbocycles. The molecule has 1 atom stereocenters. The first-order valence-corrected chi connectivity index (χ1v) is 4.28. The van der Waals surface area contributed by atoms with Crippen molar-refractivity contribution in [2.45, 2.75) is 12.6 Å². The van der Waals surface area contributed by atoms with Crippen LogP contribution in [0, 0.1) is 10.1 Å². The number of hydrogen-bond donors (Lipinski definition) is 0. The van der Waals surface area contributed by atoms with E-state index in [0.29, 0.717) is 10.2 Å². The van der Waals surface area contributed by atoms with Gasteiger partial charge in [0.1, 0.15) is 5.76 Å². The van der Waals surface area contributed by atoms with Crippen LogP contribution in [-0.4, -0.2) is 18.2 Å². The number of alkyl halides is 1. The Morgan fingerprint density at radius 2 is 2.46 bits per heavy atom. The minimum absolute atomic E-state index is 0.0934. The SMILES string of the molecule is COC1=C(Br)C=C([N+](=O)[O-])[C@H](F)C1. The molecule has 0 fully saturated rings. The predicted octanol–water partition coefficient (Wildman–Crippen LogP) is 2.14. The Balaban J connectivity index is 3.00. The van der Waals surface area contributed by atoms with Gasteiger partial charge in [-0.3, -0.25) is 10.1 Å². The van der Waals surface area contributed by atoms with Crippen molar-refractivity contribution in [2.24, 2.45) is 0 Å². The second-order valence-corrected chi connectivity index (χ2v) is 3.33. The molecule has 0 aromatic carbocycles. The molecule has 0 aromatic heterocycles. The lowest BCUT2D eigenvalue weighted by atomic mass is 10.1. The van der Waals surface area contributed by atoms with Gasteiger partial charge in [-0.1, -0.05) is 0 Å². The molecule has 0 radical (unpaired) electrons. The summed E-state index contributed by atoms with van der Waals surface area (Å²) in [5.74, 6) is 0.387. The zero-order chi connectivity index (χ0) is 10.0. The second kappa shape index (κ2) is 3.87. The van der Waals surface area contributed by atoms with Gasteiger partial charge in [0, 0.05) is 12.5 Å². The number of nitro groups is 1. The van der Waals surface area contributed by atoms with Crippen molar-refractivity contribution < 1.29 is 14.1 Å². The molecule has 0 spiro atoms. The van der Waals surface area contributed by atoms with E-state index in [1.165, 1.54) is 7.11 Å². The van der Waals surface area contributed by atoms with E-state index in [1.54, 1.807) is 0 Å². The van der Waals surface area contributed by atoms with Gasteiger partial charge in [-0.25, -0.2) is 4.39 Å². The molecule has 0 aliphatic heterocycles. The Morgan fingerprint density at radius 3 is 2.92 bits per heavy atom. The third kappa shape index (κ3) is 2.06. The molecule has 0 N–H and O–H groups in total. The summed E-state index contributed by atoms with van der Waals surface area (Å²) in [6.07, 6.45) is -0.553. The zero-order valence-corrected chi connectivity index (χ0v) is 8.38. The summed E-state index contributed by atoms with van der Waals surface area (Å²) in [7, 11) is 1.40.